The van der Waals surface area contributed by atoms with Crippen LogP contribution in [0.3, 0.4) is 0 Å². The number of carbonyl (C=O) groups is 1. The van der Waals surface area contributed by atoms with Crippen molar-refractivity contribution in [3.63, 3.8) is 0 Å². The third-order valence-electron chi connectivity index (χ3n) is 6.02. The Morgan fingerprint density at radius 1 is 1.08 bits per heavy atom. The molecular formula is C19H26FN3O. The van der Waals surface area contributed by atoms with Gasteiger partial charge in [0.25, 0.3) is 0 Å². The van der Waals surface area contributed by atoms with Crippen LogP contribution in [0.4, 0.5) is 10.1 Å². The predicted octanol–water partition coefficient (Wildman–Crippen LogP) is 2.25. The summed E-state index contributed by atoms with van der Waals surface area (Å²) in [6.07, 6.45) is 5.17. The summed E-state index contributed by atoms with van der Waals surface area (Å²) in [6.45, 7) is 4.02. The van der Waals surface area contributed by atoms with E-state index in [1.165, 1.54) is 37.8 Å². The fraction of sp³-hybridized carbons (Fsp3) is 0.632. The number of piperazine rings is 1. The second-order valence-corrected chi connectivity index (χ2v) is 7.59. The summed E-state index contributed by atoms with van der Waals surface area (Å²) in [5.74, 6) is 1.58. The van der Waals surface area contributed by atoms with Crippen LogP contribution in [-0.2, 0) is 4.79 Å². The Bertz CT molecular complexity index is 583. The molecule has 1 aromatic carbocycles. The maximum absolute atomic E-state index is 13.0. The summed E-state index contributed by atoms with van der Waals surface area (Å²) in [5, 5.41) is 3.27. The first-order valence-electron chi connectivity index (χ1n) is 9.19. The van der Waals surface area contributed by atoms with Crippen molar-refractivity contribution >= 4 is 11.6 Å². The monoisotopic (exact) mass is 331 g/mol. The van der Waals surface area contributed by atoms with E-state index in [0.29, 0.717) is 12.6 Å². The summed E-state index contributed by atoms with van der Waals surface area (Å²) < 4.78 is 13.0. The predicted molar refractivity (Wildman–Crippen MR) is 92.4 cm³/mol. The van der Waals surface area contributed by atoms with Gasteiger partial charge in [0.2, 0.25) is 5.91 Å². The van der Waals surface area contributed by atoms with Crippen LogP contribution >= 0.6 is 0 Å². The maximum Gasteiger partial charge on any atom is 0.234 e. The van der Waals surface area contributed by atoms with E-state index in [4.69, 9.17) is 0 Å². The number of nitrogens with one attached hydrogen (secondary N) is 1. The summed E-state index contributed by atoms with van der Waals surface area (Å²) in [6, 6.07) is 7.09. The minimum atomic E-state index is -0.199. The zero-order chi connectivity index (χ0) is 16.5. The SMILES string of the molecule is O=C(CN1CCN(c2ccc(F)cc2)CC1)N[C@@H]1C[C@H]2CC[C@H]1C2. The first-order chi connectivity index (χ1) is 11.7. The van der Waals surface area contributed by atoms with E-state index in [1.54, 1.807) is 0 Å². The number of anilines is 1. The van der Waals surface area contributed by atoms with Crippen LogP contribution in [0, 0.1) is 17.7 Å². The van der Waals surface area contributed by atoms with Gasteiger partial charge >= 0.3 is 0 Å². The van der Waals surface area contributed by atoms with Crippen LogP contribution in [0.15, 0.2) is 24.3 Å². The Morgan fingerprint density at radius 2 is 1.83 bits per heavy atom. The highest BCUT2D eigenvalue weighted by atomic mass is 19.1. The van der Waals surface area contributed by atoms with Crippen molar-refractivity contribution < 1.29 is 9.18 Å². The van der Waals surface area contributed by atoms with Gasteiger partial charge in [-0.3, -0.25) is 9.69 Å². The van der Waals surface area contributed by atoms with Crippen molar-refractivity contribution in [1.82, 2.24) is 10.2 Å². The number of hydrogen-bond donors (Lipinski definition) is 1. The number of hydrogen-bond acceptors (Lipinski definition) is 3. The van der Waals surface area contributed by atoms with Gasteiger partial charge in [0, 0.05) is 37.9 Å². The Kier molecular flexibility index (Phi) is 4.44. The van der Waals surface area contributed by atoms with E-state index >= 15 is 0 Å². The van der Waals surface area contributed by atoms with Gasteiger partial charge in [-0.05, 0) is 55.4 Å². The van der Waals surface area contributed by atoms with Gasteiger partial charge in [0.1, 0.15) is 5.82 Å². The number of fused-ring (bicyclic) bond motifs is 2. The summed E-state index contributed by atoms with van der Waals surface area (Å²) >= 11 is 0. The Hall–Kier alpha value is -1.62. The normalized spacial score (nSPS) is 29.9. The zero-order valence-electron chi connectivity index (χ0n) is 14.1. The molecule has 3 aliphatic rings. The standard InChI is InChI=1S/C19H26FN3O/c20-16-3-5-17(6-4-16)23-9-7-22(8-10-23)13-19(24)21-18-12-14-1-2-15(18)11-14/h3-6,14-15,18H,1-2,7-13H2,(H,21,24)/t14-,15-,18+/m0/s1. The molecule has 1 heterocycles. The highest BCUT2D eigenvalue weighted by Gasteiger charge is 2.40. The number of rotatable bonds is 4. The number of halogens is 1. The van der Waals surface area contributed by atoms with Crippen LogP contribution in [0.1, 0.15) is 25.7 Å². The molecule has 3 fully saturated rings. The molecule has 1 aromatic rings. The third-order valence-corrected chi connectivity index (χ3v) is 6.02. The van der Waals surface area contributed by atoms with Crippen LogP contribution in [0.5, 0.6) is 0 Å². The van der Waals surface area contributed by atoms with Gasteiger partial charge < -0.3 is 10.2 Å². The molecule has 1 saturated heterocycles. The minimum absolute atomic E-state index is 0.183. The molecule has 3 atom stereocenters. The fourth-order valence-corrected chi connectivity index (χ4v) is 4.69. The van der Waals surface area contributed by atoms with Gasteiger partial charge in [-0.2, -0.15) is 0 Å². The third kappa shape index (κ3) is 3.41. The largest absolute Gasteiger partial charge is 0.369 e. The molecule has 2 bridgehead atoms. The molecule has 4 rings (SSSR count). The van der Waals surface area contributed by atoms with Crippen LogP contribution < -0.4 is 10.2 Å². The molecule has 5 heteroatoms. The molecular weight excluding hydrogens is 305 g/mol. The molecule has 0 spiro atoms. The van der Waals surface area contributed by atoms with Crippen molar-refractivity contribution in [2.75, 3.05) is 37.6 Å². The summed E-state index contributed by atoms with van der Waals surface area (Å²) in [4.78, 5) is 16.8. The molecule has 1 aliphatic heterocycles. The van der Waals surface area contributed by atoms with Crippen molar-refractivity contribution in [2.45, 2.75) is 31.7 Å². The maximum atomic E-state index is 13.0. The molecule has 0 aromatic heterocycles. The molecule has 1 N–H and O–H groups in total. The van der Waals surface area contributed by atoms with Gasteiger partial charge in [-0.15, -0.1) is 0 Å². The number of nitrogens with zero attached hydrogens (tertiary/aromatic N) is 2. The second-order valence-electron chi connectivity index (χ2n) is 7.59. The van der Waals surface area contributed by atoms with Crippen molar-refractivity contribution in [2.24, 2.45) is 11.8 Å². The lowest BCUT2D eigenvalue weighted by Gasteiger charge is -2.36. The second kappa shape index (κ2) is 6.71. The first kappa shape index (κ1) is 15.9. The molecule has 0 radical (unpaired) electrons. The average molecular weight is 331 g/mol. The van der Waals surface area contributed by atoms with E-state index in [-0.39, 0.29) is 11.7 Å². The van der Waals surface area contributed by atoms with Gasteiger partial charge in [-0.1, -0.05) is 6.42 Å². The summed E-state index contributed by atoms with van der Waals surface area (Å²) in [5.41, 5.74) is 1.06. The quantitative estimate of drug-likeness (QED) is 0.919. The lowest BCUT2D eigenvalue weighted by molar-refractivity contribution is -0.123. The molecule has 2 saturated carbocycles. The van der Waals surface area contributed by atoms with E-state index in [2.05, 4.69) is 15.1 Å². The zero-order valence-corrected chi connectivity index (χ0v) is 14.1. The lowest BCUT2D eigenvalue weighted by Crippen LogP contribution is -2.51. The van der Waals surface area contributed by atoms with Crippen molar-refractivity contribution in [3.05, 3.63) is 30.1 Å². The number of benzene rings is 1. The van der Waals surface area contributed by atoms with E-state index in [9.17, 15) is 9.18 Å². The molecule has 1 amide bonds. The minimum Gasteiger partial charge on any atom is -0.369 e. The van der Waals surface area contributed by atoms with E-state index in [1.807, 2.05) is 12.1 Å². The lowest BCUT2D eigenvalue weighted by atomic mass is 9.95. The fourth-order valence-electron chi connectivity index (χ4n) is 4.69. The Morgan fingerprint density at radius 3 is 2.46 bits per heavy atom. The van der Waals surface area contributed by atoms with Gasteiger partial charge in [-0.25, -0.2) is 4.39 Å². The smallest absolute Gasteiger partial charge is 0.234 e. The van der Waals surface area contributed by atoms with Crippen molar-refractivity contribution in [1.29, 1.82) is 0 Å². The van der Waals surface area contributed by atoms with Crippen molar-refractivity contribution in [3.8, 4) is 0 Å². The van der Waals surface area contributed by atoms with Gasteiger partial charge in [0.05, 0.1) is 6.54 Å². The van der Waals surface area contributed by atoms with E-state index < -0.39 is 0 Å². The van der Waals surface area contributed by atoms with Crippen LogP contribution in [0.25, 0.3) is 0 Å². The van der Waals surface area contributed by atoms with Crippen LogP contribution in [0.2, 0.25) is 0 Å². The van der Waals surface area contributed by atoms with Crippen LogP contribution in [-0.4, -0.2) is 49.6 Å². The highest BCUT2D eigenvalue weighted by molar-refractivity contribution is 5.78. The average Bonchev–Trinajstić information content (AvgIpc) is 3.19. The number of carbonyl (C=O) groups excluding carboxylic acids is 1. The molecule has 130 valence electrons. The van der Waals surface area contributed by atoms with E-state index in [0.717, 1.165) is 43.7 Å². The number of amides is 1. The van der Waals surface area contributed by atoms with Gasteiger partial charge in [0.15, 0.2) is 0 Å². The molecule has 24 heavy (non-hydrogen) atoms. The first-order valence-corrected chi connectivity index (χ1v) is 9.19. The Balaban J connectivity index is 1.23. The molecule has 2 aliphatic carbocycles. The Labute approximate surface area is 143 Å². The summed E-state index contributed by atoms with van der Waals surface area (Å²) in [7, 11) is 0. The molecule has 4 nitrogen and oxygen atoms in total. The topological polar surface area (TPSA) is 35.6 Å². The molecule has 0 unspecified atom stereocenters. The highest BCUT2D eigenvalue weighted by Crippen LogP contribution is 2.44.